The van der Waals surface area contributed by atoms with Gasteiger partial charge in [-0.1, -0.05) is 18.2 Å². The Morgan fingerprint density at radius 1 is 1.18 bits per heavy atom. The lowest BCUT2D eigenvalue weighted by atomic mass is 9.89. The Morgan fingerprint density at radius 3 is 2.86 bits per heavy atom. The van der Waals surface area contributed by atoms with Crippen LogP contribution >= 0.6 is 0 Å². The van der Waals surface area contributed by atoms with Crippen LogP contribution in [0.15, 0.2) is 43.1 Å². The minimum absolute atomic E-state index is 0.257. The Balaban J connectivity index is 1.70. The van der Waals surface area contributed by atoms with Crippen molar-refractivity contribution in [1.29, 1.82) is 0 Å². The number of benzene rings is 1. The fraction of sp³-hybridized carbons (Fsp3) is 0.333. The number of fused-ring (bicyclic) bond motifs is 1. The predicted octanol–water partition coefficient (Wildman–Crippen LogP) is 3.76. The Hall–Kier alpha value is -2.36. The van der Waals surface area contributed by atoms with Crippen LogP contribution in [0.2, 0.25) is 0 Å². The maximum Gasteiger partial charge on any atom is 0.158 e. The molecule has 1 aliphatic rings. The van der Waals surface area contributed by atoms with Crippen LogP contribution in [0, 0.1) is 0 Å². The fourth-order valence-electron chi connectivity index (χ4n) is 3.39. The van der Waals surface area contributed by atoms with E-state index in [1.165, 1.54) is 42.4 Å². The number of aromatic nitrogens is 4. The molecule has 0 aliphatic heterocycles. The van der Waals surface area contributed by atoms with Gasteiger partial charge in [0, 0.05) is 12.4 Å². The van der Waals surface area contributed by atoms with E-state index < -0.39 is 0 Å². The van der Waals surface area contributed by atoms with E-state index in [1.807, 2.05) is 18.6 Å². The van der Waals surface area contributed by atoms with Crippen molar-refractivity contribution < 1.29 is 0 Å². The molecule has 2 aromatic heterocycles. The van der Waals surface area contributed by atoms with Gasteiger partial charge in [-0.15, -0.1) is 0 Å². The number of nitrogens with one attached hydrogen (secondary N) is 1. The lowest BCUT2D eigenvalue weighted by Gasteiger charge is -2.21. The second-order valence-electron chi connectivity index (χ2n) is 6.03. The third-order valence-corrected chi connectivity index (χ3v) is 4.68. The molecule has 2 heterocycles. The van der Waals surface area contributed by atoms with Crippen molar-refractivity contribution in [2.24, 2.45) is 0 Å². The quantitative estimate of drug-likeness (QED) is 0.799. The van der Waals surface area contributed by atoms with Crippen molar-refractivity contribution >= 4 is 0 Å². The third kappa shape index (κ3) is 2.25. The summed E-state index contributed by atoms with van der Waals surface area (Å²) in [7, 11) is 0. The summed E-state index contributed by atoms with van der Waals surface area (Å²) >= 11 is 0. The van der Waals surface area contributed by atoms with Crippen molar-refractivity contribution in [2.45, 2.75) is 38.6 Å². The number of hydrogen-bond acceptors (Lipinski definition) is 2. The fourth-order valence-corrected chi connectivity index (χ4v) is 3.39. The molecule has 4 heteroatoms. The minimum Gasteiger partial charge on any atom is -0.342 e. The first-order chi connectivity index (χ1) is 10.8. The molecule has 0 amide bonds. The number of hydrogen-bond donors (Lipinski definition) is 1. The smallest absolute Gasteiger partial charge is 0.158 e. The maximum atomic E-state index is 4.48. The average Bonchev–Trinajstić information content (AvgIpc) is 3.24. The van der Waals surface area contributed by atoms with Gasteiger partial charge in [-0.3, -0.25) is 0 Å². The number of rotatable bonds is 3. The summed E-state index contributed by atoms with van der Waals surface area (Å²) in [6, 6.07) is 7.22. The zero-order valence-electron chi connectivity index (χ0n) is 12.8. The SMILES string of the molecule is CC(c1ccc2c(c1)CCCC2)n1ccnc1-c1cnc[nH]1. The number of aromatic amines is 1. The molecular formula is C18H20N4. The van der Waals surface area contributed by atoms with E-state index in [2.05, 4.69) is 44.6 Å². The number of aryl methyl sites for hydroxylation is 2. The topological polar surface area (TPSA) is 46.5 Å². The van der Waals surface area contributed by atoms with E-state index >= 15 is 0 Å². The Kier molecular flexibility index (Phi) is 3.29. The highest BCUT2D eigenvalue weighted by Crippen LogP contribution is 2.28. The molecule has 0 radical (unpaired) electrons. The van der Waals surface area contributed by atoms with Crippen molar-refractivity contribution in [1.82, 2.24) is 19.5 Å². The second kappa shape index (κ2) is 5.44. The van der Waals surface area contributed by atoms with Gasteiger partial charge in [-0.2, -0.15) is 0 Å². The first-order valence-electron chi connectivity index (χ1n) is 7.96. The van der Waals surface area contributed by atoms with E-state index in [0.717, 1.165) is 11.5 Å². The van der Waals surface area contributed by atoms with Gasteiger partial charge in [0.25, 0.3) is 0 Å². The molecule has 22 heavy (non-hydrogen) atoms. The molecule has 1 N–H and O–H groups in total. The van der Waals surface area contributed by atoms with E-state index in [9.17, 15) is 0 Å². The molecule has 112 valence electrons. The summed E-state index contributed by atoms with van der Waals surface area (Å²) in [5.41, 5.74) is 5.36. The first-order valence-corrected chi connectivity index (χ1v) is 7.96. The van der Waals surface area contributed by atoms with Crippen LogP contribution in [0.25, 0.3) is 11.5 Å². The van der Waals surface area contributed by atoms with E-state index in [-0.39, 0.29) is 6.04 Å². The van der Waals surface area contributed by atoms with Crippen LogP contribution in [0.1, 0.15) is 42.5 Å². The van der Waals surface area contributed by atoms with Gasteiger partial charge in [-0.05, 0) is 49.3 Å². The standard InChI is InChI=1S/C18H20N4/c1-13(15-7-6-14-4-2-3-5-16(14)10-15)22-9-8-20-18(22)17-11-19-12-21-17/h6-13H,2-5H2,1H3,(H,19,21). The number of imidazole rings is 2. The largest absolute Gasteiger partial charge is 0.342 e. The summed E-state index contributed by atoms with van der Waals surface area (Å²) < 4.78 is 2.21. The van der Waals surface area contributed by atoms with Crippen molar-refractivity contribution in [3.05, 3.63) is 59.8 Å². The zero-order chi connectivity index (χ0) is 14.9. The zero-order valence-corrected chi connectivity index (χ0v) is 12.8. The first kappa shape index (κ1) is 13.3. The van der Waals surface area contributed by atoms with Crippen LogP contribution < -0.4 is 0 Å². The molecular weight excluding hydrogens is 272 g/mol. The van der Waals surface area contributed by atoms with Gasteiger partial charge < -0.3 is 9.55 Å². The highest BCUT2D eigenvalue weighted by Gasteiger charge is 2.16. The Bertz CT molecular complexity index is 770. The predicted molar refractivity (Wildman–Crippen MR) is 86.7 cm³/mol. The molecule has 1 aliphatic carbocycles. The Labute approximate surface area is 130 Å². The average molecular weight is 292 g/mol. The van der Waals surface area contributed by atoms with Crippen LogP contribution in [-0.2, 0) is 12.8 Å². The third-order valence-electron chi connectivity index (χ3n) is 4.68. The summed E-state index contributed by atoms with van der Waals surface area (Å²) in [6.07, 6.45) is 12.5. The minimum atomic E-state index is 0.257. The van der Waals surface area contributed by atoms with E-state index in [4.69, 9.17) is 0 Å². The number of nitrogens with zero attached hydrogens (tertiary/aromatic N) is 3. The molecule has 4 nitrogen and oxygen atoms in total. The van der Waals surface area contributed by atoms with Crippen molar-refractivity contribution in [2.75, 3.05) is 0 Å². The maximum absolute atomic E-state index is 4.48. The molecule has 0 fully saturated rings. The van der Waals surface area contributed by atoms with Gasteiger partial charge in [0.05, 0.1) is 18.6 Å². The summed E-state index contributed by atoms with van der Waals surface area (Å²) in [5, 5.41) is 0. The molecule has 3 aromatic rings. The van der Waals surface area contributed by atoms with Gasteiger partial charge >= 0.3 is 0 Å². The highest BCUT2D eigenvalue weighted by molar-refractivity contribution is 5.49. The van der Waals surface area contributed by atoms with Gasteiger partial charge in [0.1, 0.15) is 5.69 Å². The molecule has 1 unspecified atom stereocenters. The summed E-state index contributed by atoms with van der Waals surface area (Å²) in [4.78, 5) is 11.7. The molecule has 0 saturated carbocycles. The lowest BCUT2D eigenvalue weighted by molar-refractivity contribution is 0.636. The molecule has 1 aromatic carbocycles. The van der Waals surface area contributed by atoms with Crippen LogP contribution in [0.5, 0.6) is 0 Å². The normalized spacial score (nSPS) is 15.5. The van der Waals surface area contributed by atoms with Gasteiger partial charge in [0.2, 0.25) is 0 Å². The summed E-state index contributed by atoms with van der Waals surface area (Å²) in [5.74, 6) is 0.933. The van der Waals surface area contributed by atoms with Crippen molar-refractivity contribution in [3.8, 4) is 11.5 Å². The van der Waals surface area contributed by atoms with Crippen molar-refractivity contribution in [3.63, 3.8) is 0 Å². The molecule has 0 spiro atoms. The summed E-state index contributed by atoms with van der Waals surface area (Å²) in [6.45, 7) is 2.23. The lowest BCUT2D eigenvalue weighted by Crippen LogP contribution is -2.10. The van der Waals surface area contributed by atoms with Crippen LogP contribution in [0.3, 0.4) is 0 Å². The van der Waals surface area contributed by atoms with Crippen LogP contribution in [-0.4, -0.2) is 19.5 Å². The number of H-pyrrole nitrogens is 1. The Morgan fingerprint density at radius 2 is 2.05 bits per heavy atom. The van der Waals surface area contributed by atoms with Crippen LogP contribution in [0.4, 0.5) is 0 Å². The molecule has 0 saturated heterocycles. The van der Waals surface area contributed by atoms with E-state index in [0.29, 0.717) is 0 Å². The second-order valence-corrected chi connectivity index (χ2v) is 6.03. The van der Waals surface area contributed by atoms with Gasteiger partial charge in [-0.25, -0.2) is 9.97 Å². The molecule has 1 atom stereocenters. The monoisotopic (exact) mass is 292 g/mol. The molecule has 4 rings (SSSR count). The highest BCUT2D eigenvalue weighted by atomic mass is 15.1. The van der Waals surface area contributed by atoms with E-state index in [1.54, 1.807) is 6.33 Å². The molecule has 0 bridgehead atoms. The van der Waals surface area contributed by atoms with Gasteiger partial charge in [0.15, 0.2) is 5.82 Å².